The molecule has 8 rings (SSSR count). The summed E-state index contributed by atoms with van der Waals surface area (Å²) in [5, 5.41) is 2.04. The van der Waals surface area contributed by atoms with Gasteiger partial charge in [-0.25, -0.2) is 4.98 Å². The Morgan fingerprint density at radius 1 is 0.608 bits per heavy atom. The maximum atomic E-state index is 6.35. The number of rotatable bonds is 5. The number of fused-ring (bicyclic) bond motifs is 3. The quantitative estimate of drug-likeness (QED) is 0.162. The summed E-state index contributed by atoms with van der Waals surface area (Å²) in [5.74, 6) is 0. The van der Waals surface area contributed by atoms with Crippen molar-refractivity contribution in [2.45, 2.75) is 48.0 Å². The van der Waals surface area contributed by atoms with Crippen molar-refractivity contribution in [2.75, 3.05) is 0 Å². The standard InChI is InChI=1S/C32H25N2O.C14H14N.Ir/c1-20-12-14-25(21(2)16-20)29-18-30(33-19-22(29)3)28-11-7-10-26-27-15-13-24(34-32(27)35-31(26)28)17-23-8-5-4-6-9-23;1-10-4-6-13(7-5-10)14-8-11(2)12(3)9-15-14;/h4-10,12-16,18-19H,17H2,1-3H3;4-6,8-9H,1-3H3;/q2*-1;. The van der Waals surface area contributed by atoms with Gasteiger partial charge in [0.15, 0.2) is 0 Å². The molecule has 0 saturated carbocycles. The van der Waals surface area contributed by atoms with Crippen molar-refractivity contribution in [3.05, 3.63) is 172 Å². The molecule has 4 aromatic carbocycles. The first-order valence-corrected chi connectivity index (χ1v) is 17.0. The van der Waals surface area contributed by atoms with E-state index in [2.05, 4.69) is 138 Å². The Kier molecular flexibility index (Phi) is 10.7. The second-order valence-electron chi connectivity index (χ2n) is 13.2. The van der Waals surface area contributed by atoms with E-state index in [1.54, 1.807) is 0 Å². The van der Waals surface area contributed by atoms with E-state index in [9.17, 15) is 0 Å². The Morgan fingerprint density at radius 3 is 2.12 bits per heavy atom. The van der Waals surface area contributed by atoms with Crippen LogP contribution < -0.4 is 0 Å². The van der Waals surface area contributed by atoms with Crippen LogP contribution in [0.5, 0.6) is 0 Å². The fourth-order valence-electron chi connectivity index (χ4n) is 6.25. The van der Waals surface area contributed by atoms with Gasteiger partial charge in [-0.15, -0.1) is 53.6 Å². The maximum absolute atomic E-state index is 6.35. The molecule has 0 aliphatic carbocycles. The van der Waals surface area contributed by atoms with Crippen LogP contribution in [0, 0.1) is 53.7 Å². The fraction of sp³-hybridized carbons (Fsp3) is 0.152. The molecule has 0 N–H and O–H groups in total. The van der Waals surface area contributed by atoms with Gasteiger partial charge in [0, 0.05) is 50.0 Å². The number of hydrogen-bond acceptors (Lipinski definition) is 4. The van der Waals surface area contributed by atoms with Crippen molar-refractivity contribution >= 4 is 22.1 Å². The van der Waals surface area contributed by atoms with Gasteiger partial charge in [-0.05, 0) is 91.5 Å². The molecule has 0 unspecified atom stereocenters. The van der Waals surface area contributed by atoms with E-state index in [1.807, 2.05) is 36.7 Å². The molecule has 51 heavy (non-hydrogen) atoms. The minimum atomic E-state index is 0. The van der Waals surface area contributed by atoms with E-state index >= 15 is 0 Å². The second kappa shape index (κ2) is 15.3. The summed E-state index contributed by atoms with van der Waals surface area (Å²) in [5.41, 5.74) is 17.2. The molecule has 255 valence electrons. The number of aromatic nitrogens is 3. The summed E-state index contributed by atoms with van der Waals surface area (Å²) >= 11 is 0. The van der Waals surface area contributed by atoms with Gasteiger partial charge in [-0.1, -0.05) is 89.7 Å². The van der Waals surface area contributed by atoms with Gasteiger partial charge in [0.1, 0.15) is 0 Å². The minimum absolute atomic E-state index is 0. The van der Waals surface area contributed by atoms with Crippen LogP contribution in [0.4, 0.5) is 0 Å². The molecule has 0 aliphatic rings. The molecule has 0 bridgehead atoms. The summed E-state index contributed by atoms with van der Waals surface area (Å²) in [6.45, 7) is 12.6. The van der Waals surface area contributed by atoms with Gasteiger partial charge in [-0.2, -0.15) is 0 Å². The Morgan fingerprint density at radius 2 is 1.37 bits per heavy atom. The van der Waals surface area contributed by atoms with Crippen LogP contribution in [0.3, 0.4) is 0 Å². The number of pyridine rings is 3. The molecule has 8 aromatic rings. The molecular formula is C46H39IrN3O-2. The number of furan rings is 1. The molecular weight excluding hydrogens is 803 g/mol. The SMILES string of the molecule is Cc1c[c-]c(-c2cc(C)c(C)cn2)cc1.Cc1ccc(-c2cc(-c3[c-]ccc4c3oc3nc(Cc5ccccc5)ccc34)ncc2C)c(C)c1.[Ir]. The molecule has 0 spiro atoms. The molecule has 5 heteroatoms. The van der Waals surface area contributed by atoms with Crippen LogP contribution in [-0.4, -0.2) is 15.0 Å². The van der Waals surface area contributed by atoms with E-state index in [4.69, 9.17) is 14.4 Å². The molecule has 0 saturated heterocycles. The normalized spacial score (nSPS) is 10.9. The molecule has 4 nitrogen and oxygen atoms in total. The van der Waals surface area contributed by atoms with Crippen LogP contribution in [0.25, 0.3) is 55.7 Å². The van der Waals surface area contributed by atoms with E-state index in [0.29, 0.717) is 5.71 Å². The van der Waals surface area contributed by atoms with Gasteiger partial charge in [0.05, 0.1) is 5.58 Å². The topological polar surface area (TPSA) is 51.8 Å². The summed E-state index contributed by atoms with van der Waals surface area (Å²) < 4.78 is 6.35. The molecule has 0 aliphatic heterocycles. The van der Waals surface area contributed by atoms with Crippen molar-refractivity contribution in [3.8, 4) is 33.6 Å². The Labute approximate surface area is 314 Å². The third-order valence-corrected chi connectivity index (χ3v) is 9.23. The first-order chi connectivity index (χ1) is 24.2. The van der Waals surface area contributed by atoms with Crippen LogP contribution >= 0.6 is 0 Å². The molecule has 1 radical (unpaired) electrons. The summed E-state index contributed by atoms with van der Waals surface area (Å²) in [4.78, 5) is 14.0. The predicted octanol–water partition coefficient (Wildman–Crippen LogP) is 11.5. The van der Waals surface area contributed by atoms with Crippen LogP contribution in [0.2, 0.25) is 0 Å². The van der Waals surface area contributed by atoms with Crippen molar-refractivity contribution in [2.24, 2.45) is 0 Å². The largest absolute Gasteiger partial charge is 0.486 e. The van der Waals surface area contributed by atoms with E-state index in [0.717, 1.165) is 56.5 Å². The van der Waals surface area contributed by atoms with Crippen molar-refractivity contribution in [1.29, 1.82) is 0 Å². The summed E-state index contributed by atoms with van der Waals surface area (Å²) in [6.07, 6.45) is 4.62. The number of aryl methyl sites for hydroxylation is 6. The smallest absolute Gasteiger partial charge is 0.216 e. The molecule has 4 aromatic heterocycles. The van der Waals surface area contributed by atoms with Gasteiger partial charge in [0.2, 0.25) is 5.71 Å². The van der Waals surface area contributed by atoms with E-state index in [-0.39, 0.29) is 20.1 Å². The Bertz CT molecular complexity index is 2470. The zero-order valence-electron chi connectivity index (χ0n) is 29.8. The molecule has 4 heterocycles. The second-order valence-corrected chi connectivity index (χ2v) is 13.2. The Hall–Kier alpha value is -5.22. The monoisotopic (exact) mass is 842 g/mol. The van der Waals surface area contributed by atoms with E-state index < -0.39 is 0 Å². The summed E-state index contributed by atoms with van der Waals surface area (Å²) in [7, 11) is 0. The molecule has 0 fully saturated rings. The summed E-state index contributed by atoms with van der Waals surface area (Å²) in [6, 6.07) is 42.2. The maximum Gasteiger partial charge on any atom is 0.216 e. The van der Waals surface area contributed by atoms with Crippen LogP contribution in [-0.2, 0) is 26.5 Å². The van der Waals surface area contributed by atoms with Gasteiger partial charge < -0.3 is 14.4 Å². The number of nitrogens with zero attached hydrogens (tertiary/aromatic N) is 3. The van der Waals surface area contributed by atoms with Crippen molar-refractivity contribution in [3.63, 3.8) is 0 Å². The Balaban J connectivity index is 0.000000236. The fourth-order valence-corrected chi connectivity index (χ4v) is 6.25. The molecule has 0 amide bonds. The zero-order chi connectivity index (χ0) is 34.8. The van der Waals surface area contributed by atoms with Gasteiger partial charge in [0.25, 0.3) is 0 Å². The molecule has 0 atom stereocenters. The van der Waals surface area contributed by atoms with Gasteiger partial charge >= 0.3 is 0 Å². The van der Waals surface area contributed by atoms with E-state index in [1.165, 1.54) is 44.5 Å². The first-order valence-electron chi connectivity index (χ1n) is 17.0. The zero-order valence-corrected chi connectivity index (χ0v) is 32.2. The average molecular weight is 842 g/mol. The third-order valence-electron chi connectivity index (χ3n) is 9.23. The predicted molar refractivity (Wildman–Crippen MR) is 205 cm³/mol. The number of hydrogen-bond donors (Lipinski definition) is 0. The first kappa shape index (κ1) is 35.6. The van der Waals surface area contributed by atoms with Crippen molar-refractivity contribution in [1.82, 2.24) is 15.0 Å². The van der Waals surface area contributed by atoms with Crippen molar-refractivity contribution < 1.29 is 24.5 Å². The van der Waals surface area contributed by atoms with Crippen LogP contribution in [0.15, 0.2) is 120 Å². The average Bonchev–Trinajstić information content (AvgIpc) is 3.49. The van der Waals surface area contributed by atoms with Gasteiger partial charge in [-0.3, -0.25) is 0 Å². The third kappa shape index (κ3) is 7.76. The minimum Gasteiger partial charge on any atom is -0.486 e. The van der Waals surface area contributed by atoms with Crippen LogP contribution in [0.1, 0.15) is 44.6 Å². The number of benzene rings is 4.